The number of nitrogens with one attached hydrogen (secondary N) is 1. The Morgan fingerprint density at radius 1 is 1.38 bits per heavy atom. The van der Waals surface area contributed by atoms with Gasteiger partial charge in [0, 0.05) is 23.7 Å². The van der Waals surface area contributed by atoms with E-state index in [0.29, 0.717) is 0 Å². The fraction of sp³-hybridized carbons (Fsp3) is 0.500. The third-order valence-electron chi connectivity index (χ3n) is 3.83. The lowest BCUT2D eigenvalue weighted by molar-refractivity contribution is -0.384. The molecule has 1 heterocycles. The third kappa shape index (κ3) is 3.51. The number of hydrogen-bond acceptors (Lipinski definition) is 4. The molecule has 0 radical (unpaired) electrons. The monoisotopic (exact) mass is 311 g/mol. The highest BCUT2D eigenvalue weighted by Crippen LogP contribution is 2.25. The molecule has 2 rings (SSSR count). The number of piperidine rings is 1. The summed E-state index contributed by atoms with van der Waals surface area (Å²) in [4.78, 5) is 22.5. The van der Waals surface area contributed by atoms with Gasteiger partial charge in [0.2, 0.25) is 0 Å². The Balaban J connectivity index is 2.16. The zero-order valence-corrected chi connectivity index (χ0v) is 12.8. The number of nitro groups is 1. The van der Waals surface area contributed by atoms with Crippen LogP contribution in [-0.2, 0) is 0 Å². The van der Waals surface area contributed by atoms with Crippen LogP contribution in [0.2, 0.25) is 5.02 Å². The lowest BCUT2D eigenvalue weighted by Gasteiger charge is -2.38. The molecule has 21 heavy (non-hydrogen) atoms. The van der Waals surface area contributed by atoms with Crippen molar-refractivity contribution >= 4 is 23.2 Å². The highest BCUT2D eigenvalue weighted by atomic mass is 35.5. The Hall–Kier alpha value is -1.66. The van der Waals surface area contributed by atoms with Gasteiger partial charge in [-0.25, -0.2) is 5.01 Å². The summed E-state index contributed by atoms with van der Waals surface area (Å²) in [7, 11) is 0. The molecule has 1 amide bonds. The smallest absolute Gasteiger partial charge is 0.284 e. The van der Waals surface area contributed by atoms with Crippen molar-refractivity contribution in [3.8, 4) is 0 Å². The van der Waals surface area contributed by atoms with Crippen molar-refractivity contribution < 1.29 is 9.72 Å². The first-order valence-corrected chi connectivity index (χ1v) is 7.31. The van der Waals surface area contributed by atoms with Crippen molar-refractivity contribution in [1.29, 1.82) is 0 Å². The maximum Gasteiger partial charge on any atom is 0.288 e. The number of nitrogens with zero attached hydrogens (tertiary/aromatic N) is 2. The van der Waals surface area contributed by atoms with Gasteiger partial charge in [-0.3, -0.25) is 20.3 Å². The number of rotatable bonds is 3. The number of nitro benzene ring substituents is 1. The van der Waals surface area contributed by atoms with Gasteiger partial charge in [0.05, 0.1) is 4.92 Å². The molecule has 114 valence electrons. The van der Waals surface area contributed by atoms with E-state index in [-0.39, 0.29) is 34.3 Å². The van der Waals surface area contributed by atoms with Crippen LogP contribution in [0.1, 0.15) is 43.5 Å². The molecule has 6 nitrogen and oxygen atoms in total. The van der Waals surface area contributed by atoms with Crippen LogP contribution in [0.3, 0.4) is 0 Å². The Morgan fingerprint density at radius 3 is 2.57 bits per heavy atom. The second-order valence-electron chi connectivity index (χ2n) is 5.40. The lowest BCUT2D eigenvalue weighted by atomic mass is 10.00. The summed E-state index contributed by atoms with van der Waals surface area (Å²) in [6.07, 6.45) is 3.18. The fourth-order valence-electron chi connectivity index (χ4n) is 2.62. The molecule has 1 aromatic carbocycles. The van der Waals surface area contributed by atoms with E-state index in [9.17, 15) is 14.9 Å². The summed E-state index contributed by atoms with van der Waals surface area (Å²) in [6, 6.07) is 4.57. The van der Waals surface area contributed by atoms with Crippen molar-refractivity contribution in [1.82, 2.24) is 10.4 Å². The second kappa shape index (κ2) is 6.41. The van der Waals surface area contributed by atoms with Gasteiger partial charge in [-0.1, -0.05) is 18.0 Å². The highest BCUT2D eigenvalue weighted by molar-refractivity contribution is 6.32. The van der Waals surface area contributed by atoms with Gasteiger partial charge in [0.25, 0.3) is 11.6 Å². The normalized spacial score (nSPS) is 22.8. The first-order valence-electron chi connectivity index (χ1n) is 6.93. The van der Waals surface area contributed by atoms with Gasteiger partial charge in [-0.05, 0) is 38.8 Å². The van der Waals surface area contributed by atoms with E-state index in [1.165, 1.54) is 18.2 Å². The van der Waals surface area contributed by atoms with E-state index < -0.39 is 4.92 Å². The van der Waals surface area contributed by atoms with E-state index in [2.05, 4.69) is 19.3 Å². The topological polar surface area (TPSA) is 75.5 Å². The van der Waals surface area contributed by atoms with Crippen LogP contribution >= 0.6 is 11.6 Å². The third-order valence-corrected chi connectivity index (χ3v) is 4.15. The largest absolute Gasteiger partial charge is 0.288 e. The molecule has 2 atom stereocenters. The van der Waals surface area contributed by atoms with Gasteiger partial charge in [-0.15, -0.1) is 0 Å². The van der Waals surface area contributed by atoms with Gasteiger partial charge in [-0.2, -0.15) is 0 Å². The zero-order valence-electron chi connectivity index (χ0n) is 12.0. The van der Waals surface area contributed by atoms with E-state index in [1.807, 2.05) is 5.01 Å². The van der Waals surface area contributed by atoms with Crippen molar-refractivity contribution in [2.24, 2.45) is 0 Å². The highest BCUT2D eigenvalue weighted by Gasteiger charge is 2.27. The Bertz CT molecular complexity index is 554. The molecule has 7 heteroatoms. The van der Waals surface area contributed by atoms with Crippen molar-refractivity contribution in [3.05, 3.63) is 38.9 Å². The van der Waals surface area contributed by atoms with Crippen LogP contribution in [0, 0.1) is 10.1 Å². The summed E-state index contributed by atoms with van der Waals surface area (Å²) in [5.41, 5.74) is 2.82. The Labute approximate surface area is 128 Å². The van der Waals surface area contributed by atoms with E-state index in [4.69, 9.17) is 11.6 Å². The number of amides is 1. The summed E-state index contributed by atoms with van der Waals surface area (Å²) in [5.74, 6) is -0.352. The van der Waals surface area contributed by atoms with Gasteiger partial charge >= 0.3 is 0 Å². The molecule has 1 fully saturated rings. The minimum absolute atomic E-state index is 0.0243. The number of hydrogen-bond donors (Lipinski definition) is 1. The summed E-state index contributed by atoms with van der Waals surface area (Å²) < 4.78 is 0. The standard InChI is InChI=1S/C14H18ClN3O3/c1-9-4-3-5-10(2)17(9)16-14(19)11-6-7-12(15)13(8-11)18(20)21/h6-10H,3-5H2,1-2H3,(H,16,19). The van der Waals surface area contributed by atoms with Crippen LogP contribution in [0.25, 0.3) is 0 Å². The average molecular weight is 312 g/mol. The maximum absolute atomic E-state index is 12.3. The molecule has 1 N–H and O–H groups in total. The molecular formula is C14H18ClN3O3. The molecule has 1 aliphatic heterocycles. The lowest BCUT2D eigenvalue weighted by Crippen LogP contribution is -2.54. The van der Waals surface area contributed by atoms with Crippen LogP contribution in [0.5, 0.6) is 0 Å². The van der Waals surface area contributed by atoms with Crippen molar-refractivity contribution in [2.45, 2.75) is 45.2 Å². The maximum atomic E-state index is 12.3. The van der Waals surface area contributed by atoms with E-state index >= 15 is 0 Å². The van der Waals surface area contributed by atoms with Gasteiger partial charge in [0.15, 0.2) is 0 Å². The predicted molar refractivity (Wildman–Crippen MR) is 80.2 cm³/mol. The summed E-state index contributed by atoms with van der Waals surface area (Å²) in [6.45, 7) is 4.11. The first kappa shape index (κ1) is 15.7. The number of carbonyl (C=O) groups is 1. The van der Waals surface area contributed by atoms with Crippen molar-refractivity contribution in [3.63, 3.8) is 0 Å². The summed E-state index contributed by atoms with van der Waals surface area (Å²) in [5, 5.41) is 12.8. The minimum atomic E-state index is -0.592. The van der Waals surface area contributed by atoms with Crippen LogP contribution in [-0.4, -0.2) is 27.9 Å². The summed E-state index contributed by atoms with van der Waals surface area (Å²) >= 11 is 5.75. The number of benzene rings is 1. The predicted octanol–water partition coefficient (Wildman–Crippen LogP) is 3.16. The van der Waals surface area contributed by atoms with E-state index in [0.717, 1.165) is 19.3 Å². The number of carbonyl (C=O) groups excluding carboxylic acids is 1. The van der Waals surface area contributed by atoms with Gasteiger partial charge < -0.3 is 0 Å². The number of hydrazine groups is 1. The van der Waals surface area contributed by atoms with Crippen LogP contribution in [0.4, 0.5) is 5.69 Å². The van der Waals surface area contributed by atoms with Gasteiger partial charge in [0.1, 0.15) is 5.02 Å². The SMILES string of the molecule is CC1CCCC(C)N1NC(=O)c1ccc(Cl)c([N+](=O)[O-])c1. The Kier molecular flexibility index (Phi) is 4.80. The molecule has 0 bridgehead atoms. The molecule has 0 spiro atoms. The Morgan fingerprint density at radius 2 is 2.00 bits per heavy atom. The quantitative estimate of drug-likeness (QED) is 0.687. The van der Waals surface area contributed by atoms with Crippen LogP contribution in [0.15, 0.2) is 18.2 Å². The zero-order chi connectivity index (χ0) is 15.6. The molecule has 0 aromatic heterocycles. The van der Waals surface area contributed by atoms with E-state index in [1.54, 1.807) is 0 Å². The number of halogens is 1. The van der Waals surface area contributed by atoms with Crippen molar-refractivity contribution in [2.75, 3.05) is 0 Å². The van der Waals surface area contributed by atoms with Crippen LogP contribution < -0.4 is 5.43 Å². The fourth-order valence-corrected chi connectivity index (χ4v) is 2.80. The molecule has 1 aromatic rings. The molecule has 1 saturated heterocycles. The molecule has 0 saturated carbocycles. The molecule has 0 aliphatic carbocycles. The molecule has 2 unspecified atom stereocenters. The molecule has 1 aliphatic rings. The first-order chi connectivity index (χ1) is 9.90. The average Bonchev–Trinajstić information content (AvgIpc) is 2.43. The second-order valence-corrected chi connectivity index (χ2v) is 5.81. The molecular weight excluding hydrogens is 294 g/mol. The minimum Gasteiger partial charge on any atom is -0.284 e.